The van der Waals surface area contributed by atoms with Gasteiger partial charge in [0.15, 0.2) is 5.78 Å². The first-order valence-electron chi connectivity index (χ1n) is 8.68. The lowest BCUT2D eigenvalue weighted by Gasteiger charge is -2.20. The Morgan fingerprint density at radius 3 is 2.65 bits per heavy atom. The molecule has 1 amide bonds. The predicted molar refractivity (Wildman–Crippen MR) is 97.9 cm³/mol. The highest BCUT2D eigenvalue weighted by molar-refractivity contribution is 6.01. The van der Waals surface area contributed by atoms with Crippen LogP contribution < -0.4 is 15.6 Å². The molecule has 1 aliphatic carbocycles. The highest BCUT2D eigenvalue weighted by Gasteiger charge is 2.25. The van der Waals surface area contributed by atoms with Crippen LogP contribution in [0.1, 0.15) is 45.3 Å². The molecule has 0 saturated heterocycles. The number of carbonyl (C=O) groups excluding carboxylic acids is 2. The van der Waals surface area contributed by atoms with Gasteiger partial charge in [0.05, 0.1) is 7.11 Å². The number of rotatable bonds is 5. The number of hydrogen-bond acceptors (Lipinski definition) is 4. The molecule has 136 valence electrons. The van der Waals surface area contributed by atoms with Gasteiger partial charge in [0.25, 0.3) is 11.5 Å². The number of Topliss-reactive ketones (excluding diaryl/α,β-unsaturated/α-hetero) is 1. The highest BCUT2D eigenvalue weighted by Crippen LogP contribution is 2.23. The van der Waals surface area contributed by atoms with Crippen LogP contribution in [0, 0.1) is 5.92 Å². The van der Waals surface area contributed by atoms with Crippen molar-refractivity contribution in [2.24, 2.45) is 5.92 Å². The number of benzene rings is 1. The number of aromatic nitrogens is 1. The van der Waals surface area contributed by atoms with E-state index in [2.05, 4.69) is 10.3 Å². The van der Waals surface area contributed by atoms with E-state index in [9.17, 15) is 14.4 Å². The largest absolute Gasteiger partial charge is 0.497 e. The number of methoxy groups -OCH3 is 1. The second-order valence-corrected chi connectivity index (χ2v) is 6.69. The lowest BCUT2D eigenvalue weighted by atomic mass is 9.86. The van der Waals surface area contributed by atoms with E-state index in [0.29, 0.717) is 37.1 Å². The summed E-state index contributed by atoms with van der Waals surface area (Å²) in [6, 6.07) is 9.01. The average molecular weight is 354 g/mol. The van der Waals surface area contributed by atoms with Crippen molar-refractivity contribution in [1.82, 2.24) is 10.3 Å². The van der Waals surface area contributed by atoms with Gasteiger partial charge in [-0.2, -0.15) is 0 Å². The van der Waals surface area contributed by atoms with E-state index in [-0.39, 0.29) is 17.3 Å². The lowest BCUT2D eigenvalue weighted by molar-refractivity contribution is 0.0951. The van der Waals surface area contributed by atoms with Gasteiger partial charge in [-0.25, -0.2) is 0 Å². The maximum absolute atomic E-state index is 12.4. The van der Waals surface area contributed by atoms with Crippen LogP contribution in [0.15, 0.2) is 35.1 Å². The minimum absolute atomic E-state index is 0.0126. The van der Waals surface area contributed by atoms with Crippen LogP contribution in [0.5, 0.6) is 5.75 Å². The van der Waals surface area contributed by atoms with Crippen LogP contribution in [0.25, 0.3) is 0 Å². The van der Waals surface area contributed by atoms with E-state index in [1.807, 2.05) is 31.2 Å². The number of ether oxygens (including phenoxy) is 1. The van der Waals surface area contributed by atoms with Crippen LogP contribution in [-0.4, -0.2) is 30.3 Å². The number of nitrogens with one attached hydrogen (secondary N) is 2. The van der Waals surface area contributed by atoms with E-state index in [1.54, 1.807) is 7.11 Å². The van der Waals surface area contributed by atoms with Gasteiger partial charge in [0.1, 0.15) is 11.3 Å². The molecule has 1 atom stereocenters. The van der Waals surface area contributed by atoms with E-state index in [4.69, 9.17) is 4.74 Å². The summed E-state index contributed by atoms with van der Waals surface area (Å²) in [4.78, 5) is 39.4. The summed E-state index contributed by atoms with van der Waals surface area (Å²) in [5.74, 6) is 0.489. The van der Waals surface area contributed by atoms with E-state index >= 15 is 0 Å². The molecule has 6 heteroatoms. The van der Waals surface area contributed by atoms with Crippen LogP contribution in [-0.2, 0) is 12.8 Å². The minimum atomic E-state index is -0.464. The Kier molecular flexibility index (Phi) is 5.21. The first-order valence-corrected chi connectivity index (χ1v) is 8.68. The van der Waals surface area contributed by atoms with Crippen molar-refractivity contribution in [3.05, 3.63) is 63.1 Å². The average Bonchev–Trinajstić information content (AvgIpc) is 2.61. The van der Waals surface area contributed by atoms with Crippen molar-refractivity contribution in [2.75, 3.05) is 13.7 Å². The molecule has 2 aromatic rings. The summed E-state index contributed by atoms with van der Waals surface area (Å²) in [6.45, 7) is 2.37. The summed E-state index contributed by atoms with van der Waals surface area (Å²) in [7, 11) is 1.61. The van der Waals surface area contributed by atoms with Crippen molar-refractivity contribution in [2.45, 2.75) is 26.2 Å². The van der Waals surface area contributed by atoms with Gasteiger partial charge in [-0.15, -0.1) is 0 Å². The van der Waals surface area contributed by atoms with Crippen molar-refractivity contribution in [3.63, 3.8) is 0 Å². The zero-order valence-corrected chi connectivity index (χ0v) is 14.9. The molecular weight excluding hydrogens is 332 g/mol. The number of pyridine rings is 1. The van der Waals surface area contributed by atoms with Gasteiger partial charge in [-0.3, -0.25) is 14.4 Å². The maximum Gasteiger partial charge on any atom is 0.261 e. The number of hydrogen-bond donors (Lipinski definition) is 2. The Hall–Kier alpha value is -2.89. The summed E-state index contributed by atoms with van der Waals surface area (Å²) in [5, 5.41) is 2.75. The SMILES string of the molecule is COc1ccc(CCNC(=O)c2cc3c([nH]c2=O)C[C@@H](C)CC3=O)cc1. The molecule has 3 rings (SSSR count). The molecule has 0 unspecified atom stereocenters. The van der Waals surface area contributed by atoms with Crippen LogP contribution in [0.2, 0.25) is 0 Å². The summed E-state index contributed by atoms with van der Waals surface area (Å²) in [6.07, 6.45) is 1.72. The molecule has 0 saturated carbocycles. The number of fused-ring (bicyclic) bond motifs is 1. The van der Waals surface area contributed by atoms with E-state index in [0.717, 1.165) is 11.3 Å². The molecule has 1 aromatic carbocycles. The Bertz CT molecular complexity index is 884. The Balaban J connectivity index is 1.67. The lowest BCUT2D eigenvalue weighted by Crippen LogP contribution is -2.33. The molecular formula is C20H22N2O4. The van der Waals surface area contributed by atoms with Gasteiger partial charge in [-0.05, 0) is 42.5 Å². The number of H-pyrrole nitrogens is 1. The molecule has 1 heterocycles. The van der Waals surface area contributed by atoms with E-state index < -0.39 is 11.5 Å². The van der Waals surface area contributed by atoms with Gasteiger partial charge in [-0.1, -0.05) is 19.1 Å². The van der Waals surface area contributed by atoms with Crippen LogP contribution in [0.3, 0.4) is 0 Å². The van der Waals surface area contributed by atoms with E-state index in [1.165, 1.54) is 6.07 Å². The molecule has 0 aliphatic heterocycles. The number of aromatic amines is 1. The molecule has 26 heavy (non-hydrogen) atoms. The second-order valence-electron chi connectivity index (χ2n) is 6.69. The van der Waals surface area contributed by atoms with Gasteiger partial charge in [0.2, 0.25) is 0 Å². The third-order valence-corrected chi connectivity index (χ3v) is 4.61. The van der Waals surface area contributed by atoms with Gasteiger partial charge < -0.3 is 15.0 Å². The minimum Gasteiger partial charge on any atom is -0.497 e. The monoisotopic (exact) mass is 354 g/mol. The molecule has 0 radical (unpaired) electrons. The van der Waals surface area contributed by atoms with Crippen molar-refractivity contribution in [1.29, 1.82) is 0 Å². The smallest absolute Gasteiger partial charge is 0.261 e. The second kappa shape index (κ2) is 7.56. The number of ketones is 1. The number of carbonyl (C=O) groups is 2. The molecule has 6 nitrogen and oxygen atoms in total. The van der Waals surface area contributed by atoms with Crippen LogP contribution >= 0.6 is 0 Å². The third-order valence-electron chi connectivity index (χ3n) is 4.61. The summed E-state index contributed by atoms with van der Waals surface area (Å²) < 4.78 is 5.11. The fourth-order valence-corrected chi connectivity index (χ4v) is 3.20. The van der Waals surface area contributed by atoms with Gasteiger partial charge >= 0.3 is 0 Å². The Labute approximate surface area is 151 Å². The van der Waals surface area contributed by atoms with Crippen molar-refractivity contribution >= 4 is 11.7 Å². The van der Waals surface area contributed by atoms with Gasteiger partial charge in [0, 0.05) is 24.2 Å². The molecule has 0 bridgehead atoms. The molecule has 0 fully saturated rings. The zero-order valence-electron chi connectivity index (χ0n) is 14.9. The standard InChI is InChI=1S/C20H22N2O4/c1-12-9-17-15(18(23)10-12)11-16(20(25)22-17)19(24)21-8-7-13-3-5-14(26-2)6-4-13/h3-6,11-12H,7-10H2,1-2H3,(H,21,24)(H,22,25)/t12-/m1/s1. The maximum atomic E-state index is 12.4. The Morgan fingerprint density at radius 1 is 1.23 bits per heavy atom. The molecule has 1 aromatic heterocycles. The predicted octanol–water partition coefficient (Wildman–Crippen LogP) is 2.12. The summed E-state index contributed by atoms with van der Waals surface area (Å²) >= 11 is 0. The number of amides is 1. The van der Waals surface area contributed by atoms with Crippen LogP contribution in [0.4, 0.5) is 0 Å². The molecule has 2 N–H and O–H groups in total. The normalized spacial score (nSPS) is 16.1. The molecule has 1 aliphatic rings. The summed E-state index contributed by atoms with van der Waals surface area (Å²) in [5.41, 5.74) is 1.68. The Morgan fingerprint density at radius 2 is 1.96 bits per heavy atom. The highest BCUT2D eigenvalue weighted by atomic mass is 16.5. The van der Waals surface area contributed by atoms with Crippen molar-refractivity contribution in [3.8, 4) is 5.75 Å². The topological polar surface area (TPSA) is 88.3 Å². The fraction of sp³-hybridized carbons (Fsp3) is 0.350. The third kappa shape index (κ3) is 3.85. The molecule has 0 spiro atoms. The fourth-order valence-electron chi connectivity index (χ4n) is 3.20. The quantitative estimate of drug-likeness (QED) is 0.861. The van der Waals surface area contributed by atoms with Crippen molar-refractivity contribution < 1.29 is 14.3 Å². The first kappa shape index (κ1) is 17.9. The zero-order chi connectivity index (χ0) is 18.7. The first-order chi connectivity index (χ1) is 12.5.